The van der Waals surface area contributed by atoms with Crippen molar-refractivity contribution < 1.29 is 0 Å². The summed E-state index contributed by atoms with van der Waals surface area (Å²) in [5, 5.41) is 0. The van der Waals surface area contributed by atoms with E-state index in [-0.39, 0.29) is 7.43 Å². The molecule has 0 heterocycles. The maximum Gasteiger partial charge on any atom is -0.000817 e. The molecule has 4 fully saturated rings. The van der Waals surface area contributed by atoms with Gasteiger partial charge in [-0.25, -0.2) is 0 Å². The smallest absolute Gasteiger partial charge is 0.000817 e. The molecule has 34 heavy (non-hydrogen) atoms. The molecular formula is C32H64S2. The van der Waals surface area contributed by atoms with Crippen LogP contribution in [-0.4, -0.2) is 18.3 Å². The Morgan fingerprint density at radius 3 is 2.12 bits per heavy atom. The van der Waals surface area contributed by atoms with Crippen LogP contribution in [0.3, 0.4) is 0 Å². The monoisotopic (exact) mass is 512 g/mol. The van der Waals surface area contributed by atoms with E-state index in [2.05, 4.69) is 64.6 Å². The van der Waals surface area contributed by atoms with Crippen LogP contribution < -0.4 is 0 Å². The number of hydrogen-bond donors (Lipinski definition) is 1. The molecule has 0 bridgehead atoms. The lowest BCUT2D eigenvalue weighted by atomic mass is 9.40. The third-order valence-corrected chi connectivity index (χ3v) is 11.6. The van der Waals surface area contributed by atoms with Crippen LogP contribution in [0, 0.1) is 39.9 Å². The van der Waals surface area contributed by atoms with Crippen molar-refractivity contribution in [2.45, 2.75) is 132 Å². The number of thiol groups is 1. The van der Waals surface area contributed by atoms with Crippen LogP contribution in [-0.2, 0) is 0 Å². The molecule has 0 aromatic rings. The van der Waals surface area contributed by atoms with E-state index in [0.29, 0.717) is 16.2 Å². The Kier molecular flexibility index (Phi) is 16.5. The van der Waals surface area contributed by atoms with E-state index in [1.165, 1.54) is 63.5 Å². The molecule has 0 aromatic heterocycles. The third kappa shape index (κ3) is 6.46. The van der Waals surface area contributed by atoms with Crippen molar-refractivity contribution >= 4 is 24.4 Å². The first-order chi connectivity index (χ1) is 16.0. The lowest BCUT2D eigenvalue weighted by molar-refractivity contribution is -0.151. The van der Waals surface area contributed by atoms with Gasteiger partial charge in [0, 0.05) is 0 Å². The second-order valence-electron chi connectivity index (χ2n) is 11.6. The van der Waals surface area contributed by atoms with E-state index in [0.717, 1.165) is 23.7 Å². The van der Waals surface area contributed by atoms with Gasteiger partial charge in [0.1, 0.15) is 0 Å². The van der Waals surface area contributed by atoms with Gasteiger partial charge in [-0.15, -0.1) is 13.2 Å². The molecule has 7 atom stereocenters. The average molecular weight is 513 g/mol. The Labute approximate surface area is 227 Å². The average Bonchev–Trinajstić information content (AvgIpc) is 3.22. The summed E-state index contributed by atoms with van der Waals surface area (Å²) >= 11 is 5.71. The van der Waals surface area contributed by atoms with E-state index in [1.807, 2.05) is 13.8 Å². The van der Waals surface area contributed by atoms with Crippen molar-refractivity contribution in [2.24, 2.45) is 39.9 Å². The Bertz CT molecular complexity index is 533. The molecule has 4 saturated carbocycles. The summed E-state index contributed by atoms with van der Waals surface area (Å²) in [6.07, 6.45) is 25.4. The fourth-order valence-corrected chi connectivity index (χ4v) is 10.3. The first kappa shape index (κ1) is 34.4. The molecule has 0 amide bonds. The number of unbranched alkanes of at least 4 members (excludes halogenated alkanes) is 2. The summed E-state index contributed by atoms with van der Waals surface area (Å²) in [7, 11) is 0. The Balaban J connectivity index is 0.00000145. The maximum atomic E-state index is 3.53. The van der Waals surface area contributed by atoms with Gasteiger partial charge in [0.15, 0.2) is 0 Å². The van der Waals surface area contributed by atoms with E-state index in [1.54, 1.807) is 38.4 Å². The first-order valence-electron chi connectivity index (χ1n) is 14.4. The summed E-state index contributed by atoms with van der Waals surface area (Å²) < 4.78 is 0. The van der Waals surface area contributed by atoms with Gasteiger partial charge < -0.3 is 0 Å². The Hall–Kier alpha value is 0.440. The van der Waals surface area contributed by atoms with Crippen LogP contribution in [0.15, 0.2) is 13.2 Å². The number of fused-ring (bicyclic) bond motifs is 5. The maximum absolute atomic E-state index is 3.53. The molecule has 0 radical (unpaired) electrons. The normalized spacial score (nSPS) is 39.6. The molecule has 4 aliphatic rings. The standard InChI is InChI=1S/C26H46S.C2H6.C2H4.CH4S.CH4/c1-5-6-7-10-20-11-12-23-21-13-17-24(2)15-8-9-16-25(24,3)22(21)14-18-26(20,23)19-27-4;3*1-2;/h20-23H,5-19H2,1-4H3;1-2H3;1-2H2;2H,1H3;1H4. The van der Waals surface area contributed by atoms with Crippen molar-refractivity contribution in [2.75, 3.05) is 18.3 Å². The van der Waals surface area contributed by atoms with Crippen molar-refractivity contribution in [3.05, 3.63) is 13.2 Å². The minimum atomic E-state index is 0. The highest BCUT2D eigenvalue weighted by Crippen LogP contribution is 2.71. The van der Waals surface area contributed by atoms with Gasteiger partial charge in [0.25, 0.3) is 0 Å². The van der Waals surface area contributed by atoms with Crippen LogP contribution in [0.25, 0.3) is 0 Å². The number of thioether (sulfide) groups is 1. The highest BCUT2D eigenvalue weighted by molar-refractivity contribution is 7.98. The highest BCUT2D eigenvalue weighted by Gasteiger charge is 2.63. The summed E-state index contributed by atoms with van der Waals surface area (Å²) in [5.74, 6) is 5.70. The fourth-order valence-electron chi connectivity index (χ4n) is 9.16. The summed E-state index contributed by atoms with van der Waals surface area (Å²) in [5.41, 5.74) is 2.03. The molecular weight excluding hydrogens is 448 g/mol. The van der Waals surface area contributed by atoms with Crippen molar-refractivity contribution in [3.8, 4) is 0 Å². The van der Waals surface area contributed by atoms with Crippen molar-refractivity contribution in [3.63, 3.8) is 0 Å². The quantitative estimate of drug-likeness (QED) is 0.210. The number of rotatable bonds is 6. The van der Waals surface area contributed by atoms with Crippen LogP contribution in [0.4, 0.5) is 0 Å². The van der Waals surface area contributed by atoms with Gasteiger partial charge in [0.05, 0.1) is 0 Å². The zero-order valence-corrected chi connectivity index (χ0v) is 25.4. The van der Waals surface area contributed by atoms with E-state index < -0.39 is 0 Å². The molecule has 0 aliphatic heterocycles. The Morgan fingerprint density at radius 1 is 0.853 bits per heavy atom. The predicted octanol–water partition coefficient (Wildman–Crippen LogP) is 11.4. The molecule has 204 valence electrons. The van der Waals surface area contributed by atoms with Crippen LogP contribution in [0.5, 0.6) is 0 Å². The second kappa shape index (κ2) is 16.3. The zero-order valence-electron chi connectivity index (χ0n) is 23.7. The van der Waals surface area contributed by atoms with Gasteiger partial charge in [-0.1, -0.05) is 74.1 Å². The number of hydrogen-bond acceptors (Lipinski definition) is 2. The second-order valence-corrected chi connectivity index (χ2v) is 12.4. The van der Waals surface area contributed by atoms with Crippen LogP contribution >= 0.6 is 24.4 Å². The molecule has 0 N–H and O–H groups in total. The van der Waals surface area contributed by atoms with E-state index in [9.17, 15) is 0 Å². The lowest BCUT2D eigenvalue weighted by Crippen LogP contribution is -2.57. The predicted molar refractivity (Wildman–Crippen MR) is 166 cm³/mol. The SMILES string of the molecule is C.C=C.CC.CCCCCC1CCC2C3CCC4(C)CCCCC4(C)C3CCC12CSC.CS. The molecule has 7 unspecified atom stereocenters. The minimum Gasteiger partial charge on any atom is -0.183 e. The molecule has 4 rings (SSSR count). The summed E-state index contributed by atoms with van der Waals surface area (Å²) in [6.45, 7) is 17.8. The van der Waals surface area contributed by atoms with E-state index in [4.69, 9.17) is 0 Å². The van der Waals surface area contributed by atoms with Crippen molar-refractivity contribution in [1.82, 2.24) is 0 Å². The highest BCUT2D eigenvalue weighted by atomic mass is 32.2. The van der Waals surface area contributed by atoms with E-state index >= 15 is 0 Å². The molecule has 2 heteroatoms. The van der Waals surface area contributed by atoms with Gasteiger partial charge in [-0.3, -0.25) is 0 Å². The van der Waals surface area contributed by atoms with Crippen molar-refractivity contribution in [1.29, 1.82) is 0 Å². The molecule has 4 aliphatic carbocycles. The summed E-state index contributed by atoms with van der Waals surface area (Å²) in [6, 6.07) is 0. The molecule has 0 nitrogen and oxygen atoms in total. The minimum absolute atomic E-state index is 0. The molecule has 0 spiro atoms. The van der Waals surface area contributed by atoms with Gasteiger partial charge >= 0.3 is 0 Å². The van der Waals surface area contributed by atoms with Gasteiger partial charge in [-0.05, 0) is 116 Å². The molecule has 0 saturated heterocycles. The van der Waals surface area contributed by atoms with Gasteiger partial charge in [0.2, 0.25) is 0 Å². The van der Waals surface area contributed by atoms with Crippen LogP contribution in [0.2, 0.25) is 0 Å². The molecule has 0 aromatic carbocycles. The largest absolute Gasteiger partial charge is 0.183 e. The zero-order chi connectivity index (χ0) is 25.1. The lowest BCUT2D eigenvalue weighted by Gasteiger charge is -2.65. The first-order valence-corrected chi connectivity index (χ1v) is 16.7. The fraction of sp³-hybridized carbons (Fsp3) is 0.938. The van der Waals surface area contributed by atoms with Gasteiger partial charge in [-0.2, -0.15) is 24.4 Å². The third-order valence-electron chi connectivity index (χ3n) is 10.8. The topological polar surface area (TPSA) is 0 Å². The summed E-state index contributed by atoms with van der Waals surface area (Å²) in [4.78, 5) is 0. The Morgan fingerprint density at radius 2 is 1.50 bits per heavy atom. The van der Waals surface area contributed by atoms with Crippen LogP contribution in [0.1, 0.15) is 132 Å².